The van der Waals surface area contributed by atoms with Crippen LogP contribution < -0.4 is 0 Å². The fraction of sp³-hybridized carbons (Fsp3) is 0. The van der Waals surface area contributed by atoms with Crippen LogP contribution in [0.2, 0.25) is 0 Å². The van der Waals surface area contributed by atoms with Gasteiger partial charge in [-0.2, -0.15) is 0 Å². The van der Waals surface area contributed by atoms with Gasteiger partial charge in [-0.25, -0.2) is 9.59 Å². The molecule has 0 amide bonds. The molecule has 4 aromatic carbocycles. The van der Waals surface area contributed by atoms with Gasteiger partial charge < -0.3 is 10.2 Å². The van der Waals surface area contributed by atoms with E-state index in [0.717, 1.165) is 10.8 Å². The summed E-state index contributed by atoms with van der Waals surface area (Å²) < 4.78 is 0. The molecule has 0 aliphatic rings. The smallest absolute Gasteiger partial charge is 0.336 e. The second-order valence-corrected chi connectivity index (χ2v) is 6.45. The molecule has 0 atom stereocenters. The van der Waals surface area contributed by atoms with Crippen LogP contribution in [-0.2, 0) is 0 Å². The normalized spacial score (nSPS) is 10.7. The van der Waals surface area contributed by atoms with E-state index < -0.39 is 11.9 Å². The van der Waals surface area contributed by atoms with Crippen molar-refractivity contribution in [1.82, 2.24) is 0 Å². The fourth-order valence-electron chi connectivity index (χ4n) is 3.49. The highest BCUT2D eigenvalue weighted by molar-refractivity contribution is 6.08. The van der Waals surface area contributed by atoms with Crippen LogP contribution in [0.25, 0.3) is 33.0 Å². The van der Waals surface area contributed by atoms with E-state index in [4.69, 9.17) is 0 Å². The number of benzene rings is 4. The number of carboxylic acid groups (broad SMARTS) is 2. The predicted octanol–water partition coefficient (Wildman–Crippen LogP) is 5.57. The zero-order chi connectivity index (χ0) is 19.7. The zero-order valence-electron chi connectivity index (χ0n) is 14.8. The maximum Gasteiger partial charge on any atom is 0.336 e. The highest BCUT2D eigenvalue weighted by atomic mass is 16.4. The summed E-state index contributed by atoms with van der Waals surface area (Å²) >= 11 is 0. The Labute approximate surface area is 161 Å². The molecular formula is C24H16O4. The summed E-state index contributed by atoms with van der Waals surface area (Å²) in [5.41, 5.74) is 2.26. The standard InChI is InChI=1S/C24H16O4/c25-23(26)21-14-20(18-12-6-10-15-9-4-5-11-17(15)18)22(24(27)28)13-19(21)16-7-2-1-3-8-16/h1-14H,(H,25,26)(H,27,28). The molecule has 136 valence electrons. The van der Waals surface area contributed by atoms with Crippen molar-refractivity contribution < 1.29 is 19.8 Å². The molecule has 4 nitrogen and oxygen atoms in total. The van der Waals surface area contributed by atoms with E-state index in [1.807, 2.05) is 48.5 Å². The highest BCUT2D eigenvalue weighted by Gasteiger charge is 2.21. The molecule has 0 saturated heterocycles. The Morgan fingerprint density at radius 3 is 1.86 bits per heavy atom. The molecule has 0 bridgehead atoms. The van der Waals surface area contributed by atoms with Gasteiger partial charge in [-0.3, -0.25) is 0 Å². The third-order valence-corrected chi connectivity index (χ3v) is 4.78. The lowest BCUT2D eigenvalue weighted by atomic mass is 9.89. The minimum Gasteiger partial charge on any atom is -0.478 e. The average Bonchev–Trinajstić information content (AvgIpc) is 2.73. The van der Waals surface area contributed by atoms with Crippen molar-refractivity contribution in [3.05, 3.63) is 96.1 Å². The van der Waals surface area contributed by atoms with Crippen LogP contribution in [0.4, 0.5) is 0 Å². The maximum atomic E-state index is 12.0. The lowest BCUT2D eigenvalue weighted by Crippen LogP contribution is -2.06. The first-order valence-corrected chi connectivity index (χ1v) is 8.74. The molecule has 28 heavy (non-hydrogen) atoms. The Balaban J connectivity index is 2.07. The number of rotatable bonds is 4. The zero-order valence-corrected chi connectivity index (χ0v) is 14.8. The van der Waals surface area contributed by atoms with E-state index in [2.05, 4.69) is 0 Å². The molecule has 4 rings (SSSR count). The molecule has 4 aromatic rings. The molecule has 2 N–H and O–H groups in total. The van der Waals surface area contributed by atoms with E-state index in [-0.39, 0.29) is 11.1 Å². The summed E-state index contributed by atoms with van der Waals surface area (Å²) in [7, 11) is 0. The van der Waals surface area contributed by atoms with Crippen LogP contribution in [0.1, 0.15) is 20.7 Å². The summed E-state index contributed by atoms with van der Waals surface area (Å²) in [6.07, 6.45) is 0. The topological polar surface area (TPSA) is 74.6 Å². The number of hydrogen-bond donors (Lipinski definition) is 2. The molecule has 0 saturated carbocycles. The van der Waals surface area contributed by atoms with Gasteiger partial charge in [-0.05, 0) is 45.2 Å². The van der Waals surface area contributed by atoms with Gasteiger partial charge in [0, 0.05) is 0 Å². The van der Waals surface area contributed by atoms with Crippen LogP contribution in [0, 0.1) is 0 Å². The summed E-state index contributed by atoms with van der Waals surface area (Å²) in [5, 5.41) is 21.5. The third kappa shape index (κ3) is 3.01. The van der Waals surface area contributed by atoms with Crippen LogP contribution in [0.15, 0.2) is 84.9 Å². The molecular weight excluding hydrogens is 352 g/mol. The first kappa shape index (κ1) is 17.5. The summed E-state index contributed by atoms with van der Waals surface area (Å²) in [6.45, 7) is 0. The van der Waals surface area contributed by atoms with Crippen molar-refractivity contribution in [3.8, 4) is 22.3 Å². The van der Waals surface area contributed by atoms with Gasteiger partial charge in [0.05, 0.1) is 11.1 Å². The fourth-order valence-corrected chi connectivity index (χ4v) is 3.49. The highest BCUT2D eigenvalue weighted by Crippen LogP contribution is 2.36. The number of carbonyl (C=O) groups is 2. The summed E-state index contributed by atoms with van der Waals surface area (Å²) in [5.74, 6) is -2.20. The monoisotopic (exact) mass is 368 g/mol. The first-order chi connectivity index (χ1) is 13.6. The Morgan fingerprint density at radius 2 is 1.14 bits per heavy atom. The molecule has 0 spiro atoms. The van der Waals surface area contributed by atoms with Gasteiger partial charge >= 0.3 is 11.9 Å². The van der Waals surface area contributed by atoms with Crippen LogP contribution in [-0.4, -0.2) is 22.2 Å². The molecule has 0 aromatic heterocycles. The second kappa shape index (κ2) is 7.00. The van der Waals surface area contributed by atoms with Crippen LogP contribution in [0.3, 0.4) is 0 Å². The van der Waals surface area contributed by atoms with E-state index >= 15 is 0 Å². The lowest BCUT2D eigenvalue weighted by molar-refractivity contribution is 0.0682. The van der Waals surface area contributed by atoms with Gasteiger partial charge in [-0.1, -0.05) is 72.8 Å². The van der Waals surface area contributed by atoms with Crippen molar-refractivity contribution in [2.24, 2.45) is 0 Å². The average molecular weight is 368 g/mol. The quantitative estimate of drug-likeness (QED) is 0.494. The van der Waals surface area contributed by atoms with Gasteiger partial charge in [0.25, 0.3) is 0 Å². The van der Waals surface area contributed by atoms with Crippen molar-refractivity contribution in [1.29, 1.82) is 0 Å². The van der Waals surface area contributed by atoms with Gasteiger partial charge in [0.2, 0.25) is 0 Å². The van der Waals surface area contributed by atoms with Crippen LogP contribution >= 0.6 is 0 Å². The Morgan fingerprint density at radius 1 is 0.571 bits per heavy atom. The number of hydrogen-bond acceptors (Lipinski definition) is 2. The number of fused-ring (bicyclic) bond motifs is 1. The third-order valence-electron chi connectivity index (χ3n) is 4.78. The summed E-state index contributed by atoms with van der Waals surface area (Å²) in [4.78, 5) is 24.0. The van der Waals surface area contributed by atoms with E-state index in [0.29, 0.717) is 22.3 Å². The van der Waals surface area contributed by atoms with E-state index in [9.17, 15) is 19.8 Å². The van der Waals surface area contributed by atoms with Gasteiger partial charge in [0.15, 0.2) is 0 Å². The largest absolute Gasteiger partial charge is 0.478 e. The van der Waals surface area contributed by atoms with Gasteiger partial charge in [-0.15, -0.1) is 0 Å². The second-order valence-electron chi connectivity index (χ2n) is 6.45. The number of aromatic carboxylic acids is 2. The van der Waals surface area contributed by atoms with Crippen molar-refractivity contribution in [2.75, 3.05) is 0 Å². The Bertz CT molecular complexity index is 1200. The minimum absolute atomic E-state index is 0.0686. The number of carboxylic acids is 2. The Hall–Kier alpha value is -3.92. The first-order valence-electron chi connectivity index (χ1n) is 8.74. The van der Waals surface area contributed by atoms with Gasteiger partial charge in [0.1, 0.15) is 0 Å². The Kier molecular flexibility index (Phi) is 4.38. The molecule has 0 fully saturated rings. The molecule has 0 radical (unpaired) electrons. The van der Waals surface area contributed by atoms with Crippen molar-refractivity contribution in [2.45, 2.75) is 0 Å². The SMILES string of the molecule is O=C(O)c1cc(-c2cccc3ccccc23)c(C(=O)O)cc1-c1ccccc1. The summed E-state index contributed by atoms with van der Waals surface area (Å²) in [6, 6.07) is 25.1. The molecule has 0 aliphatic carbocycles. The molecule has 0 aliphatic heterocycles. The minimum atomic E-state index is -1.10. The maximum absolute atomic E-state index is 12.0. The van der Waals surface area contributed by atoms with E-state index in [1.165, 1.54) is 12.1 Å². The molecule has 4 heteroatoms. The molecule has 0 unspecified atom stereocenters. The van der Waals surface area contributed by atoms with Crippen LogP contribution in [0.5, 0.6) is 0 Å². The molecule has 0 heterocycles. The predicted molar refractivity (Wildman–Crippen MR) is 109 cm³/mol. The lowest BCUT2D eigenvalue weighted by Gasteiger charge is -2.15. The van der Waals surface area contributed by atoms with Crippen molar-refractivity contribution >= 4 is 22.7 Å². The van der Waals surface area contributed by atoms with E-state index in [1.54, 1.807) is 24.3 Å². The van der Waals surface area contributed by atoms with Crippen molar-refractivity contribution in [3.63, 3.8) is 0 Å².